The molecule has 4 heteroatoms. The van der Waals surface area contributed by atoms with Crippen LogP contribution in [-0.4, -0.2) is 16.2 Å². The first kappa shape index (κ1) is 5.81. The van der Waals surface area contributed by atoms with E-state index in [-0.39, 0.29) is 0 Å². The highest BCUT2D eigenvalue weighted by atomic mass is 16.1. The highest BCUT2D eigenvalue weighted by molar-refractivity contribution is 5.68. The number of aromatic nitrogens is 2. The minimum atomic E-state index is 0.576. The van der Waals surface area contributed by atoms with Gasteiger partial charge in [-0.25, -0.2) is 0 Å². The van der Waals surface area contributed by atoms with E-state index in [0.29, 0.717) is 12.2 Å². The Morgan fingerprint density at radius 3 is 3.11 bits per heavy atom. The molecule has 0 aliphatic carbocycles. The maximum Gasteiger partial charge on any atom is 0.212 e. The smallest absolute Gasteiger partial charge is 0.212 e. The predicted octanol–water partition coefficient (Wildman–Crippen LogP) is -0.0116. The molecule has 0 aromatic carbocycles. The normalized spacial score (nSPS) is 9.00. The lowest BCUT2D eigenvalue weighted by Gasteiger charge is -1.86. The van der Waals surface area contributed by atoms with Crippen LogP contribution in [0.5, 0.6) is 0 Å². The third-order valence-corrected chi connectivity index (χ3v) is 0.920. The Hall–Kier alpha value is -1.32. The van der Waals surface area contributed by atoms with Crippen LogP contribution >= 0.6 is 0 Å². The predicted molar refractivity (Wildman–Crippen MR) is 32.9 cm³/mol. The van der Waals surface area contributed by atoms with Crippen LogP contribution in [-0.2, 0) is 11.8 Å². The molecular weight excluding hydrogens is 118 g/mol. The van der Waals surface area contributed by atoms with Crippen LogP contribution in [0.4, 0.5) is 5.82 Å². The second kappa shape index (κ2) is 2.30. The van der Waals surface area contributed by atoms with Gasteiger partial charge in [0.05, 0.1) is 0 Å². The van der Waals surface area contributed by atoms with Gasteiger partial charge in [-0.05, 0) is 0 Å². The van der Waals surface area contributed by atoms with E-state index in [9.17, 15) is 4.79 Å². The average molecular weight is 125 g/mol. The van der Waals surface area contributed by atoms with Crippen molar-refractivity contribution in [3.05, 3.63) is 12.3 Å². The lowest BCUT2D eigenvalue weighted by Crippen LogP contribution is -1.95. The summed E-state index contributed by atoms with van der Waals surface area (Å²) in [5.41, 5.74) is 0. The molecule has 0 atom stereocenters. The van der Waals surface area contributed by atoms with Crippen LogP contribution in [0.25, 0.3) is 0 Å². The zero-order valence-corrected chi connectivity index (χ0v) is 5.03. The average Bonchev–Trinajstić information content (AvgIpc) is 2.17. The summed E-state index contributed by atoms with van der Waals surface area (Å²) in [5.74, 6) is 0.576. The molecule has 1 aromatic heterocycles. The zero-order valence-electron chi connectivity index (χ0n) is 5.03. The van der Waals surface area contributed by atoms with Crippen LogP contribution in [0, 0.1) is 0 Å². The van der Waals surface area contributed by atoms with E-state index in [1.165, 1.54) is 0 Å². The molecule has 48 valence electrons. The molecule has 0 radical (unpaired) electrons. The van der Waals surface area contributed by atoms with Crippen molar-refractivity contribution in [2.24, 2.45) is 7.05 Å². The van der Waals surface area contributed by atoms with Crippen molar-refractivity contribution < 1.29 is 4.79 Å². The second-order valence-corrected chi connectivity index (χ2v) is 1.64. The van der Waals surface area contributed by atoms with E-state index < -0.39 is 0 Å². The summed E-state index contributed by atoms with van der Waals surface area (Å²) in [6.45, 7) is 0. The van der Waals surface area contributed by atoms with Crippen LogP contribution < -0.4 is 5.32 Å². The van der Waals surface area contributed by atoms with E-state index in [0.717, 1.165) is 0 Å². The molecule has 0 aliphatic rings. The van der Waals surface area contributed by atoms with Crippen molar-refractivity contribution in [3.63, 3.8) is 0 Å². The van der Waals surface area contributed by atoms with Crippen LogP contribution in [0.1, 0.15) is 0 Å². The topological polar surface area (TPSA) is 46.9 Å². The summed E-state index contributed by atoms with van der Waals surface area (Å²) in [5, 5.41) is 6.29. The van der Waals surface area contributed by atoms with Crippen molar-refractivity contribution in [1.82, 2.24) is 9.78 Å². The fraction of sp³-hybridized carbons (Fsp3) is 0.200. The molecule has 0 saturated carbocycles. The zero-order chi connectivity index (χ0) is 6.69. The second-order valence-electron chi connectivity index (χ2n) is 1.64. The minimum absolute atomic E-state index is 0.576. The van der Waals surface area contributed by atoms with Crippen molar-refractivity contribution >= 4 is 12.2 Å². The third-order valence-electron chi connectivity index (χ3n) is 0.920. The Balaban J connectivity index is 2.72. The lowest BCUT2D eigenvalue weighted by molar-refractivity contribution is -0.105. The lowest BCUT2D eigenvalue weighted by atomic mass is 10.6. The van der Waals surface area contributed by atoms with Gasteiger partial charge in [0.1, 0.15) is 0 Å². The summed E-state index contributed by atoms with van der Waals surface area (Å²) in [7, 11) is 1.79. The summed E-state index contributed by atoms with van der Waals surface area (Å²) in [6.07, 6.45) is 2.36. The number of carbonyl (C=O) groups is 1. The van der Waals surface area contributed by atoms with E-state index in [1.807, 2.05) is 0 Å². The molecule has 0 spiro atoms. The van der Waals surface area contributed by atoms with Gasteiger partial charge in [-0.1, -0.05) is 0 Å². The Morgan fingerprint density at radius 1 is 1.89 bits per heavy atom. The van der Waals surface area contributed by atoms with Gasteiger partial charge < -0.3 is 5.32 Å². The maximum absolute atomic E-state index is 9.82. The van der Waals surface area contributed by atoms with Crippen molar-refractivity contribution in [2.45, 2.75) is 0 Å². The van der Waals surface area contributed by atoms with Crippen LogP contribution in [0.2, 0.25) is 0 Å². The van der Waals surface area contributed by atoms with Gasteiger partial charge >= 0.3 is 0 Å². The van der Waals surface area contributed by atoms with Gasteiger partial charge in [0.2, 0.25) is 6.41 Å². The summed E-state index contributed by atoms with van der Waals surface area (Å²) >= 11 is 0. The van der Waals surface area contributed by atoms with Crippen molar-refractivity contribution in [2.75, 3.05) is 5.32 Å². The highest BCUT2D eigenvalue weighted by Crippen LogP contribution is 1.97. The van der Waals surface area contributed by atoms with E-state index in [4.69, 9.17) is 0 Å². The van der Waals surface area contributed by atoms with Crippen molar-refractivity contribution in [1.29, 1.82) is 0 Å². The standard InChI is InChI=1S/C5H7N3O/c1-8-3-2-5(7-8)6-4-9/h2-4H,1H3,(H,6,7,9). The SMILES string of the molecule is Cn1ccc(NC=O)n1. The number of amides is 1. The molecule has 0 fully saturated rings. The van der Waals surface area contributed by atoms with Gasteiger partial charge in [-0.3, -0.25) is 9.48 Å². The van der Waals surface area contributed by atoms with Gasteiger partial charge in [-0.15, -0.1) is 0 Å². The molecule has 1 N–H and O–H groups in total. The first-order valence-corrected chi connectivity index (χ1v) is 2.53. The fourth-order valence-electron chi connectivity index (χ4n) is 0.552. The molecule has 0 aliphatic heterocycles. The first-order chi connectivity index (χ1) is 4.33. The third kappa shape index (κ3) is 1.28. The van der Waals surface area contributed by atoms with Gasteiger partial charge in [0.15, 0.2) is 5.82 Å². The Kier molecular flexibility index (Phi) is 1.48. The van der Waals surface area contributed by atoms with Gasteiger partial charge in [0.25, 0.3) is 0 Å². The Bertz CT molecular complexity index is 206. The number of carbonyl (C=O) groups excluding carboxylic acids is 1. The Labute approximate surface area is 52.5 Å². The van der Waals surface area contributed by atoms with Crippen molar-refractivity contribution in [3.8, 4) is 0 Å². The highest BCUT2D eigenvalue weighted by Gasteiger charge is 1.89. The Morgan fingerprint density at radius 2 is 2.67 bits per heavy atom. The van der Waals surface area contributed by atoms with E-state index in [2.05, 4.69) is 10.4 Å². The minimum Gasteiger partial charge on any atom is -0.312 e. The molecule has 1 aromatic rings. The monoisotopic (exact) mass is 125 g/mol. The number of nitrogens with one attached hydrogen (secondary N) is 1. The quantitative estimate of drug-likeness (QED) is 0.565. The molecular formula is C5H7N3O. The summed E-state index contributed by atoms with van der Waals surface area (Å²) in [6, 6.07) is 1.72. The van der Waals surface area contributed by atoms with Crippen LogP contribution in [0.15, 0.2) is 12.3 Å². The largest absolute Gasteiger partial charge is 0.312 e. The summed E-state index contributed by atoms with van der Waals surface area (Å²) in [4.78, 5) is 9.82. The number of nitrogens with zero attached hydrogens (tertiary/aromatic N) is 2. The van der Waals surface area contributed by atoms with Gasteiger partial charge in [-0.2, -0.15) is 5.10 Å². The first-order valence-electron chi connectivity index (χ1n) is 2.53. The maximum atomic E-state index is 9.82. The number of hydrogen-bond donors (Lipinski definition) is 1. The number of anilines is 1. The molecule has 0 bridgehead atoms. The molecule has 1 heterocycles. The number of hydrogen-bond acceptors (Lipinski definition) is 2. The molecule has 1 amide bonds. The summed E-state index contributed by atoms with van der Waals surface area (Å²) < 4.78 is 1.62. The fourth-order valence-corrected chi connectivity index (χ4v) is 0.552. The number of rotatable bonds is 2. The molecule has 4 nitrogen and oxygen atoms in total. The van der Waals surface area contributed by atoms with E-state index in [1.54, 1.807) is 24.0 Å². The van der Waals surface area contributed by atoms with Gasteiger partial charge in [0, 0.05) is 19.3 Å². The molecule has 1 rings (SSSR count). The van der Waals surface area contributed by atoms with Crippen LogP contribution in [0.3, 0.4) is 0 Å². The van der Waals surface area contributed by atoms with E-state index >= 15 is 0 Å². The number of aryl methyl sites for hydroxylation is 1. The molecule has 0 unspecified atom stereocenters. The molecule has 9 heavy (non-hydrogen) atoms. The molecule has 0 saturated heterocycles.